The van der Waals surface area contributed by atoms with Gasteiger partial charge < -0.3 is 10.2 Å². The first-order valence-electron chi connectivity index (χ1n) is 6.31. The number of aryl methyl sites for hydroxylation is 1. The standard InChI is InChI=1S/C14H16BrN3O/c1-10-9-11(3-4-12(10)15)18-8-2-7-17-13(5-6-16)14(18)19/h3-4,9,13,17H,2,5,7-8H2,1H3. The van der Waals surface area contributed by atoms with Crippen molar-refractivity contribution in [1.82, 2.24) is 5.32 Å². The van der Waals surface area contributed by atoms with Gasteiger partial charge in [-0.1, -0.05) is 15.9 Å². The number of nitriles is 1. The van der Waals surface area contributed by atoms with Gasteiger partial charge in [-0.15, -0.1) is 0 Å². The zero-order valence-electron chi connectivity index (χ0n) is 10.8. The van der Waals surface area contributed by atoms with Gasteiger partial charge in [0.1, 0.15) is 6.04 Å². The molecule has 1 aliphatic heterocycles. The normalized spacial score (nSPS) is 19.9. The lowest BCUT2D eigenvalue weighted by molar-refractivity contribution is -0.120. The molecule has 5 heteroatoms. The maximum atomic E-state index is 12.4. The van der Waals surface area contributed by atoms with Gasteiger partial charge in [-0.3, -0.25) is 4.79 Å². The van der Waals surface area contributed by atoms with Crippen LogP contribution < -0.4 is 10.2 Å². The molecule has 1 aromatic rings. The smallest absolute Gasteiger partial charge is 0.245 e. The summed E-state index contributed by atoms with van der Waals surface area (Å²) in [5.74, 6) is -0.0132. The van der Waals surface area contributed by atoms with E-state index in [2.05, 4.69) is 27.3 Å². The Morgan fingerprint density at radius 1 is 1.58 bits per heavy atom. The van der Waals surface area contributed by atoms with E-state index in [0.717, 1.165) is 28.7 Å². The van der Waals surface area contributed by atoms with Crippen molar-refractivity contribution in [2.24, 2.45) is 0 Å². The largest absolute Gasteiger partial charge is 0.311 e. The fourth-order valence-corrected chi connectivity index (χ4v) is 2.45. The number of benzene rings is 1. The summed E-state index contributed by atoms with van der Waals surface area (Å²) in [6, 6.07) is 7.56. The van der Waals surface area contributed by atoms with E-state index in [0.29, 0.717) is 6.54 Å². The summed E-state index contributed by atoms with van der Waals surface area (Å²) in [5, 5.41) is 11.9. The van der Waals surface area contributed by atoms with Crippen molar-refractivity contribution in [2.75, 3.05) is 18.0 Å². The molecule has 0 saturated carbocycles. The van der Waals surface area contributed by atoms with Crippen LogP contribution in [0.25, 0.3) is 0 Å². The fourth-order valence-electron chi connectivity index (χ4n) is 2.20. The monoisotopic (exact) mass is 321 g/mol. The third kappa shape index (κ3) is 3.14. The number of nitrogens with one attached hydrogen (secondary N) is 1. The Labute approximate surface area is 121 Å². The van der Waals surface area contributed by atoms with Gasteiger partial charge in [0, 0.05) is 16.7 Å². The van der Waals surface area contributed by atoms with Crippen molar-refractivity contribution in [2.45, 2.75) is 25.8 Å². The molecule has 2 rings (SSSR count). The topological polar surface area (TPSA) is 56.1 Å². The number of rotatable bonds is 2. The summed E-state index contributed by atoms with van der Waals surface area (Å²) in [5.41, 5.74) is 2.00. The van der Waals surface area contributed by atoms with Crippen molar-refractivity contribution in [3.8, 4) is 6.07 Å². The lowest BCUT2D eigenvalue weighted by Gasteiger charge is -2.24. The fraction of sp³-hybridized carbons (Fsp3) is 0.429. The minimum atomic E-state index is -0.392. The summed E-state index contributed by atoms with van der Waals surface area (Å²) < 4.78 is 1.03. The molecule has 0 aromatic heterocycles. The van der Waals surface area contributed by atoms with Crippen LogP contribution in [0.2, 0.25) is 0 Å². The Bertz CT molecular complexity index is 524. The number of halogens is 1. The number of hydrogen-bond donors (Lipinski definition) is 1. The van der Waals surface area contributed by atoms with Crippen LogP contribution in [-0.4, -0.2) is 25.0 Å². The van der Waals surface area contributed by atoms with Gasteiger partial charge in [0.05, 0.1) is 12.5 Å². The summed E-state index contributed by atoms with van der Waals surface area (Å²) in [6.45, 7) is 3.46. The molecule has 1 fully saturated rings. The summed E-state index contributed by atoms with van der Waals surface area (Å²) in [6.07, 6.45) is 1.10. The Balaban J connectivity index is 2.28. The molecule has 1 aliphatic rings. The zero-order valence-corrected chi connectivity index (χ0v) is 12.4. The van der Waals surface area contributed by atoms with Gasteiger partial charge in [0.25, 0.3) is 0 Å². The maximum Gasteiger partial charge on any atom is 0.245 e. The molecule has 1 heterocycles. The molecule has 0 spiro atoms. The molecular formula is C14H16BrN3O. The van der Waals surface area contributed by atoms with Crippen LogP contribution in [0.1, 0.15) is 18.4 Å². The summed E-state index contributed by atoms with van der Waals surface area (Å²) in [4.78, 5) is 14.2. The van der Waals surface area contributed by atoms with Gasteiger partial charge in [-0.2, -0.15) is 5.26 Å². The lowest BCUT2D eigenvalue weighted by Crippen LogP contribution is -2.43. The van der Waals surface area contributed by atoms with E-state index in [9.17, 15) is 4.79 Å². The van der Waals surface area contributed by atoms with Crippen molar-refractivity contribution in [1.29, 1.82) is 5.26 Å². The molecule has 1 amide bonds. The molecule has 0 aliphatic carbocycles. The van der Waals surface area contributed by atoms with Crippen molar-refractivity contribution < 1.29 is 4.79 Å². The van der Waals surface area contributed by atoms with Gasteiger partial charge in [-0.05, 0) is 43.7 Å². The Morgan fingerprint density at radius 3 is 3.05 bits per heavy atom. The van der Waals surface area contributed by atoms with Gasteiger partial charge in [-0.25, -0.2) is 0 Å². The Kier molecular flexibility index (Phi) is 4.56. The Morgan fingerprint density at radius 2 is 2.37 bits per heavy atom. The van der Waals surface area contributed by atoms with Crippen molar-refractivity contribution in [3.63, 3.8) is 0 Å². The van der Waals surface area contributed by atoms with Crippen LogP contribution in [-0.2, 0) is 4.79 Å². The minimum Gasteiger partial charge on any atom is -0.311 e. The second-order valence-corrected chi connectivity index (χ2v) is 5.50. The number of amides is 1. The van der Waals surface area contributed by atoms with Crippen LogP contribution in [0.3, 0.4) is 0 Å². The SMILES string of the molecule is Cc1cc(N2CCCNC(CC#N)C2=O)ccc1Br. The number of carbonyl (C=O) groups excluding carboxylic acids is 1. The van der Waals surface area contributed by atoms with E-state index in [-0.39, 0.29) is 12.3 Å². The van der Waals surface area contributed by atoms with Crippen LogP contribution >= 0.6 is 15.9 Å². The molecule has 1 unspecified atom stereocenters. The Hall–Kier alpha value is -1.38. The summed E-state index contributed by atoms with van der Waals surface area (Å²) in [7, 11) is 0. The first-order valence-corrected chi connectivity index (χ1v) is 7.10. The molecular weight excluding hydrogens is 306 g/mol. The highest BCUT2D eigenvalue weighted by molar-refractivity contribution is 9.10. The predicted octanol–water partition coefficient (Wildman–Crippen LogP) is 2.37. The van der Waals surface area contributed by atoms with Crippen LogP contribution in [0.15, 0.2) is 22.7 Å². The van der Waals surface area contributed by atoms with Gasteiger partial charge in [0.2, 0.25) is 5.91 Å². The van der Waals surface area contributed by atoms with Crippen LogP contribution in [0, 0.1) is 18.3 Å². The molecule has 0 bridgehead atoms. The number of anilines is 1. The zero-order chi connectivity index (χ0) is 13.8. The van der Waals surface area contributed by atoms with E-state index < -0.39 is 6.04 Å². The van der Waals surface area contributed by atoms with Crippen LogP contribution in [0.4, 0.5) is 5.69 Å². The minimum absolute atomic E-state index is 0.0132. The highest BCUT2D eigenvalue weighted by atomic mass is 79.9. The van der Waals surface area contributed by atoms with E-state index >= 15 is 0 Å². The number of hydrogen-bond acceptors (Lipinski definition) is 3. The molecule has 1 aromatic carbocycles. The number of carbonyl (C=O) groups is 1. The van der Waals surface area contributed by atoms with E-state index in [1.165, 1.54) is 0 Å². The average Bonchev–Trinajstić information content (AvgIpc) is 2.57. The molecule has 1 N–H and O–H groups in total. The van der Waals surface area contributed by atoms with E-state index in [4.69, 9.17) is 5.26 Å². The predicted molar refractivity (Wildman–Crippen MR) is 77.9 cm³/mol. The second kappa shape index (κ2) is 6.18. The lowest BCUT2D eigenvalue weighted by atomic mass is 10.1. The van der Waals surface area contributed by atoms with Crippen molar-refractivity contribution in [3.05, 3.63) is 28.2 Å². The van der Waals surface area contributed by atoms with E-state index in [1.54, 1.807) is 4.90 Å². The molecule has 4 nitrogen and oxygen atoms in total. The van der Waals surface area contributed by atoms with Crippen molar-refractivity contribution >= 4 is 27.5 Å². The quantitative estimate of drug-likeness (QED) is 0.909. The maximum absolute atomic E-state index is 12.4. The third-order valence-electron chi connectivity index (χ3n) is 3.26. The molecule has 19 heavy (non-hydrogen) atoms. The third-order valence-corrected chi connectivity index (χ3v) is 4.15. The van der Waals surface area contributed by atoms with Gasteiger partial charge in [0.15, 0.2) is 0 Å². The number of nitrogens with zero attached hydrogens (tertiary/aromatic N) is 2. The molecule has 1 atom stereocenters. The van der Waals surface area contributed by atoms with E-state index in [1.807, 2.05) is 25.1 Å². The summed E-state index contributed by atoms with van der Waals surface area (Å²) >= 11 is 3.46. The molecule has 0 radical (unpaired) electrons. The highest BCUT2D eigenvalue weighted by Gasteiger charge is 2.27. The van der Waals surface area contributed by atoms with Gasteiger partial charge >= 0.3 is 0 Å². The first-order chi connectivity index (χ1) is 9.13. The first kappa shape index (κ1) is 14.0. The highest BCUT2D eigenvalue weighted by Crippen LogP contribution is 2.24. The average molecular weight is 322 g/mol. The molecule has 1 saturated heterocycles. The van der Waals surface area contributed by atoms with Crippen LogP contribution in [0.5, 0.6) is 0 Å². The molecule has 100 valence electrons. The second-order valence-electron chi connectivity index (χ2n) is 4.65.